The number of ether oxygens (including phenoxy) is 2. The zero-order valence-corrected chi connectivity index (χ0v) is 14.2. The topological polar surface area (TPSA) is 105 Å². The van der Waals surface area contributed by atoms with Gasteiger partial charge in [0.1, 0.15) is 11.8 Å². The van der Waals surface area contributed by atoms with Gasteiger partial charge in [0.25, 0.3) is 0 Å². The third-order valence-corrected chi connectivity index (χ3v) is 4.82. The van der Waals surface area contributed by atoms with Crippen molar-refractivity contribution in [3.8, 4) is 11.5 Å². The Labute approximate surface area is 149 Å². The number of H-pyrrole nitrogens is 1. The molecule has 1 fully saturated rings. The van der Waals surface area contributed by atoms with Gasteiger partial charge in [-0.2, -0.15) is 4.98 Å². The fraction of sp³-hybridized carbons (Fsp3) is 0.353. The molecule has 2 aliphatic heterocycles. The number of nitrogen functional groups attached to an aromatic ring is 1. The molecule has 0 radical (unpaired) electrons. The molecule has 3 N–H and O–H groups in total. The fourth-order valence-corrected chi connectivity index (χ4v) is 3.40. The average Bonchev–Trinajstić information content (AvgIpc) is 3.29. The van der Waals surface area contributed by atoms with Gasteiger partial charge in [0.05, 0.1) is 0 Å². The quantitative estimate of drug-likeness (QED) is 0.718. The van der Waals surface area contributed by atoms with Crippen molar-refractivity contribution in [2.75, 3.05) is 43.6 Å². The van der Waals surface area contributed by atoms with Gasteiger partial charge in [0.2, 0.25) is 12.7 Å². The van der Waals surface area contributed by atoms with Crippen molar-refractivity contribution >= 4 is 22.9 Å². The molecule has 0 aliphatic carbocycles. The summed E-state index contributed by atoms with van der Waals surface area (Å²) in [6.07, 6.45) is 1.44. The van der Waals surface area contributed by atoms with Gasteiger partial charge in [-0.3, -0.25) is 4.90 Å². The number of imidazole rings is 1. The van der Waals surface area contributed by atoms with Crippen molar-refractivity contribution < 1.29 is 9.47 Å². The predicted octanol–water partition coefficient (Wildman–Crippen LogP) is 0.986. The molecule has 9 heteroatoms. The number of benzene rings is 1. The number of aromatic amines is 1. The molecule has 0 unspecified atom stereocenters. The van der Waals surface area contributed by atoms with E-state index in [9.17, 15) is 0 Å². The van der Waals surface area contributed by atoms with Crippen molar-refractivity contribution in [1.29, 1.82) is 0 Å². The van der Waals surface area contributed by atoms with Crippen LogP contribution in [0.5, 0.6) is 11.5 Å². The molecule has 5 rings (SSSR count). The highest BCUT2D eigenvalue weighted by molar-refractivity contribution is 5.83. The number of aromatic nitrogens is 4. The van der Waals surface area contributed by atoms with Crippen LogP contribution in [0.2, 0.25) is 0 Å². The van der Waals surface area contributed by atoms with Crippen LogP contribution in [-0.2, 0) is 6.54 Å². The molecular weight excluding hydrogens is 334 g/mol. The fourth-order valence-electron chi connectivity index (χ4n) is 3.40. The maximum absolute atomic E-state index is 5.88. The van der Waals surface area contributed by atoms with Gasteiger partial charge in [-0.15, -0.1) is 0 Å². The molecule has 0 atom stereocenters. The van der Waals surface area contributed by atoms with Gasteiger partial charge < -0.3 is 25.1 Å². The number of rotatable bonds is 3. The third-order valence-electron chi connectivity index (χ3n) is 4.82. The molecule has 2 aliphatic rings. The van der Waals surface area contributed by atoms with Crippen LogP contribution < -0.4 is 20.1 Å². The molecule has 134 valence electrons. The van der Waals surface area contributed by atoms with Crippen LogP contribution in [0.1, 0.15) is 5.56 Å². The monoisotopic (exact) mass is 353 g/mol. The molecule has 0 bridgehead atoms. The Morgan fingerprint density at radius 2 is 1.92 bits per heavy atom. The van der Waals surface area contributed by atoms with Crippen molar-refractivity contribution in [2.24, 2.45) is 0 Å². The summed E-state index contributed by atoms with van der Waals surface area (Å²) in [6, 6.07) is 6.14. The second kappa shape index (κ2) is 6.03. The van der Waals surface area contributed by atoms with E-state index >= 15 is 0 Å². The molecule has 1 saturated heterocycles. The molecule has 2 aromatic heterocycles. The van der Waals surface area contributed by atoms with E-state index in [1.54, 1.807) is 0 Å². The number of nitrogens with zero attached hydrogens (tertiary/aromatic N) is 5. The number of nitrogens with two attached hydrogens (primary N) is 1. The Bertz CT molecular complexity index is 949. The first-order valence-electron chi connectivity index (χ1n) is 8.58. The van der Waals surface area contributed by atoms with Crippen LogP contribution >= 0.6 is 0 Å². The van der Waals surface area contributed by atoms with Crippen LogP contribution in [0.4, 0.5) is 11.8 Å². The zero-order chi connectivity index (χ0) is 17.5. The highest BCUT2D eigenvalue weighted by Crippen LogP contribution is 2.33. The Balaban J connectivity index is 1.25. The first-order chi connectivity index (χ1) is 12.8. The lowest BCUT2D eigenvalue weighted by Gasteiger charge is -2.34. The maximum Gasteiger partial charge on any atom is 0.231 e. The summed E-state index contributed by atoms with van der Waals surface area (Å²) in [4.78, 5) is 20.6. The van der Waals surface area contributed by atoms with Crippen LogP contribution in [0.25, 0.3) is 11.2 Å². The van der Waals surface area contributed by atoms with Crippen LogP contribution in [0.15, 0.2) is 24.5 Å². The number of hydrogen-bond acceptors (Lipinski definition) is 8. The van der Waals surface area contributed by atoms with E-state index in [1.807, 2.05) is 6.07 Å². The summed E-state index contributed by atoms with van der Waals surface area (Å²) in [6.45, 7) is 4.88. The molecule has 9 nitrogen and oxygen atoms in total. The van der Waals surface area contributed by atoms with Gasteiger partial charge in [0.15, 0.2) is 23.0 Å². The molecule has 0 amide bonds. The summed E-state index contributed by atoms with van der Waals surface area (Å²) in [5, 5.41) is 0. The first kappa shape index (κ1) is 15.2. The molecule has 1 aromatic carbocycles. The zero-order valence-electron chi connectivity index (χ0n) is 14.2. The summed E-state index contributed by atoms with van der Waals surface area (Å²) in [7, 11) is 0. The lowest BCUT2D eigenvalue weighted by atomic mass is 10.1. The van der Waals surface area contributed by atoms with E-state index in [4.69, 9.17) is 15.2 Å². The Kier molecular flexibility index (Phi) is 3.52. The van der Waals surface area contributed by atoms with Crippen LogP contribution in [-0.4, -0.2) is 57.8 Å². The number of piperazine rings is 1. The van der Waals surface area contributed by atoms with Crippen molar-refractivity contribution in [2.45, 2.75) is 6.54 Å². The molecule has 4 heterocycles. The Hall–Kier alpha value is -3.07. The van der Waals surface area contributed by atoms with E-state index in [1.165, 1.54) is 11.9 Å². The second-order valence-corrected chi connectivity index (χ2v) is 6.47. The minimum atomic E-state index is 0.309. The van der Waals surface area contributed by atoms with E-state index in [-0.39, 0.29) is 0 Å². The van der Waals surface area contributed by atoms with E-state index in [2.05, 4.69) is 41.9 Å². The first-order valence-corrected chi connectivity index (χ1v) is 8.58. The van der Waals surface area contributed by atoms with Gasteiger partial charge in [-0.25, -0.2) is 9.97 Å². The molecule has 3 aromatic rings. The van der Waals surface area contributed by atoms with Crippen LogP contribution in [0.3, 0.4) is 0 Å². The minimum Gasteiger partial charge on any atom is -0.454 e. The summed E-state index contributed by atoms with van der Waals surface area (Å²) < 4.78 is 10.8. The summed E-state index contributed by atoms with van der Waals surface area (Å²) >= 11 is 0. The van der Waals surface area contributed by atoms with Gasteiger partial charge >= 0.3 is 0 Å². The third kappa shape index (κ3) is 2.66. The van der Waals surface area contributed by atoms with E-state index < -0.39 is 0 Å². The Morgan fingerprint density at radius 3 is 2.77 bits per heavy atom. The van der Waals surface area contributed by atoms with E-state index in [0.717, 1.165) is 50.2 Å². The van der Waals surface area contributed by atoms with Gasteiger partial charge in [-0.05, 0) is 17.7 Å². The number of nitrogens with one attached hydrogen (secondary N) is 1. The molecule has 26 heavy (non-hydrogen) atoms. The van der Waals surface area contributed by atoms with Gasteiger partial charge in [0, 0.05) is 32.7 Å². The normalized spacial score (nSPS) is 17.2. The average molecular weight is 353 g/mol. The minimum absolute atomic E-state index is 0.309. The molecule has 0 spiro atoms. The van der Waals surface area contributed by atoms with Crippen LogP contribution in [0, 0.1) is 0 Å². The lowest BCUT2D eigenvalue weighted by Crippen LogP contribution is -2.46. The highest BCUT2D eigenvalue weighted by atomic mass is 16.7. The molecule has 0 saturated carbocycles. The SMILES string of the molecule is Nc1ncnc2nc(N3CCN(Cc4ccc5c(c4)OCO5)CC3)[nH]c12. The largest absolute Gasteiger partial charge is 0.454 e. The standard InChI is InChI=1S/C17H19N7O2/c18-15-14-16(20-9-19-15)22-17(21-14)24-5-3-23(4-6-24)8-11-1-2-12-13(7-11)26-10-25-12/h1-2,7,9H,3-6,8,10H2,(H3,18,19,20,21,22). The Morgan fingerprint density at radius 1 is 1.08 bits per heavy atom. The summed E-state index contributed by atoms with van der Waals surface area (Å²) in [5.41, 5.74) is 8.41. The van der Waals surface area contributed by atoms with Crippen molar-refractivity contribution in [1.82, 2.24) is 24.8 Å². The van der Waals surface area contributed by atoms with Crippen molar-refractivity contribution in [3.05, 3.63) is 30.1 Å². The number of hydrogen-bond donors (Lipinski definition) is 2. The second-order valence-electron chi connectivity index (χ2n) is 6.47. The number of fused-ring (bicyclic) bond motifs is 2. The lowest BCUT2D eigenvalue weighted by molar-refractivity contribution is 0.174. The summed E-state index contributed by atoms with van der Waals surface area (Å²) in [5.74, 6) is 2.89. The maximum atomic E-state index is 5.88. The smallest absolute Gasteiger partial charge is 0.231 e. The highest BCUT2D eigenvalue weighted by Gasteiger charge is 2.21. The van der Waals surface area contributed by atoms with E-state index in [0.29, 0.717) is 23.8 Å². The predicted molar refractivity (Wildman–Crippen MR) is 96.2 cm³/mol. The van der Waals surface area contributed by atoms with Crippen molar-refractivity contribution in [3.63, 3.8) is 0 Å². The van der Waals surface area contributed by atoms with Gasteiger partial charge in [-0.1, -0.05) is 6.07 Å². The number of anilines is 2. The molecular formula is C17H19N7O2.